The van der Waals surface area contributed by atoms with Crippen LogP contribution in [0.15, 0.2) is 0 Å². The first-order chi connectivity index (χ1) is 8.22. The second kappa shape index (κ2) is 6.19. The number of rotatable bonds is 5. The fourth-order valence-corrected chi connectivity index (χ4v) is 3.61. The van der Waals surface area contributed by atoms with Crippen molar-refractivity contribution in [2.24, 2.45) is 11.8 Å². The summed E-state index contributed by atoms with van der Waals surface area (Å²) >= 11 is 0. The van der Waals surface area contributed by atoms with Crippen molar-refractivity contribution in [1.29, 1.82) is 0 Å². The molecule has 2 N–H and O–H groups in total. The fraction of sp³-hybridized carbons (Fsp3) is 1.00. The molecule has 1 heterocycles. The minimum absolute atomic E-state index is 0.673. The van der Waals surface area contributed by atoms with Crippen LogP contribution in [0.1, 0.15) is 59.3 Å². The van der Waals surface area contributed by atoms with Crippen molar-refractivity contribution in [2.45, 2.75) is 77.4 Å². The third-order valence-electron chi connectivity index (χ3n) is 5.16. The van der Waals surface area contributed by atoms with Gasteiger partial charge in [0.05, 0.1) is 0 Å². The predicted molar refractivity (Wildman–Crippen MR) is 74.2 cm³/mol. The Bertz CT molecular complexity index is 223. The molecule has 0 radical (unpaired) electrons. The third-order valence-corrected chi connectivity index (χ3v) is 5.16. The zero-order valence-corrected chi connectivity index (χ0v) is 11.8. The van der Waals surface area contributed by atoms with Gasteiger partial charge >= 0.3 is 0 Å². The van der Waals surface area contributed by atoms with Gasteiger partial charge in [0.15, 0.2) is 0 Å². The first-order valence-corrected chi connectivity index (χ1v) is 7.71. The Morgan fingerprint density at radius 2 is 2.00 bits per heavy atom. The van der Waals surface area contributed by atoms with E-state index in [1.54, 1.807) is 0 Å². The van der Waals surface area contributed by atoms with Gasteiger partial charge in [-0.15, -0.1) is 0 Å². The number of nitrogens with one attached hydrogen (secondary N) is 2. The van der Waals surface area contributed by atoms with Crippen molar-refractivity contribution >= 4 is 0 Å². The molecule has 0 aromatic carbocycles. The Morgan fingerprint density at radius 3 is 2.65 bits per heavy atom. The molecule has 0 amide bonds. The first kappa shape index (κ1) is 13.4. The van der Waals surface area contributed by atoms with Gasteiger partial charge < -0.3 is 10.6 Å². The summed E-state index contributed by atoms with van der Waals surface area (Å²) < 4.78 is 0. The molecule has 0 aromatic rings. The molecule has 5 unspecified atom stereocenters. The largest absolute Gasteiger partial charge is 0.314 e. The molecular weight excluding hydrogens is 208 g/mol. The SMILES string of the molecule is CCC(C)C(C)NC1CCCC1C1CCCN1. The van der Waals surface area contributed by atoms with Crippen LogP contribution in [0.5, 0.6) is 0 Å². The maximum absolute atomic E-state index is 3.92. The van der Waals surface area contributed by atoms with Gasteiger partial charge in [-0.25, -0.2) is 0 Å². The van der Waals surface area contributed by atoms with Crippen LogP contribution in [0.3, 0.4) is 0 Å². The van der Waals surface area contributed by atoms with Gasteiger partial charge in [0.1, 0.15) is 0 Å². The number of hydrogen-bond acceptors (Lipinski definition) is 2. The summed E-state index contributed by atoms with van der Waals surface area (Å²) in [5.74, 6) is 1.69. The molecule has 2 rings (SSSR count). The van der Waals surface area contributed by atoms with Crippen LogP contribution in [-0.4, -0.2) is 24.7 Å². The van der Waals surface area contributed by atoms with Gasteiger partial charge in [0, 0.05) is 18.1 Å². The topological polar surface area (TPSA) is 24.1 Å². The Hall–Kier alpha value is -0.0800. The quantitative estimate of drug-likeness (QED) is 0.769. The first-order valence-electron chi connectivity index (χ1n) is 7.71. The maximum atomic E-state index is 3.92. The average Bonchev–Trinajstić information content (AvgIpc) is 2.97. The Morgan fingerprint density at radius 1 is 1.18 bits per heavy atom. The zero-order chi connectivity index (χ0) is 12.3. The smallest absolute Gasteiger partial charge is 0.0113 e. The van der Waals surface area contributed by atoms with Crippen molar-refractivity contribution < 1.29 is 0 Å². The van der Waals surface area contributed by atoms with Crippen molar-refractivity contribution in [3.63, 3.8) is 0 Å². The normalized spacial score (nSPS) is 37.2. The van der Waals surface area contributed by atoms with Gasteiger partial charge in [0.25, 0.3) is 0 Å². The van der Waals surface area contributed by atoms with Gasteiger partial charge in [-0.3, -0.25) is 0 Å². The molecule has 0 bridgehead atoms. The zero-order valence-electron chi connectivity index (χ0n) is 11.8. The predicted octanol–water partition coefficient (Wildman–Crippen LogP) is 2.93. The van der Waals surface area contributed by atoms with E-state index in [2.05, 4.69) is 31.4 Å². The molecule has 2 aliphatic rings. The monoisotopic (exact) mass is 238 g/mol. The molecule has 1 aliphatic heterocycles. The summed E-state index contributed by atoms with van der Waals surface area (Å²) in [5.41, 5.74) is 0. The van der Waals surface area contributed by atoms with E-state index in [9.17, 15) is 0 Å². The lowest BCUT2D eigenvalue weighted by atomic mass is 9.91. The van der Waals surface area contributed by atoms with Gasteiger partial charge in [-0.05, 0) is 51.0 Å². The molecule has 1 aliphatic carbocycles. The summed E-state index contributed by atoms with van der Waals surface area (Å²) in [6, 6.07) is 2.25. The van der Waals surface area contributed by atoms with E-state index >= 15 is 0 Å². The lowest BCUT2D eigenvalue weighted by molar-refractivity contribution is 0.271. The second-order valence-electron chi connectivity index (χ2n) is 6.24. The van der Waals surface area contributed by atoms with E-state index in [1.807, 2.05) is 0 Å². The van der Waals surface area contributed by atoms with Crippen molar-refractivity contribution in [1.82, 2.24) is 10.6 Å². The minimum Gasteiger partial charge on any atom is -0.314 e. The highest BCUT2D eigenvalue weighted by Crippen LogP contribution is 2.32. The lowest BCUT2D eigenvalue weighted by Gasteiger charge is -2.31. The highest BCUT2D eigenvalue weighted by molar-refractivity contribution is 4.94. The highest BCUT2D eigenvalue weighted by Gasteiger charge is 2.35. The molecule has 17 heavy (non-hydrogen) atoms. The van der Waals surface area contributed by atoms with E-state index in [4.69, 9.17) is 0 Å². The molecule has 100 valence electrons. The van der Waals surface area contributed by atoms with Crippen LogP contribution in [0.25, 0.3) is 0 Å². The maximum Gasteiger partial charge on any atom is 0.0113 e. The van der Waals surface area contributed by atoms with Crippen molar-refractivity contribution in [3.8, 4) is 0 Å². The molecule has 0 spiro atoms. The highest BCUT2D eigenvalue weighted by atomic mass is 15.0. The van der Waals surface area contributed by atoms with Crippen molar-refractivity contribution in [2.75, 3.05) is 6.54 Å². The molecule has 2 fully saturated rings. The molecule has 2 nitrogen and oxygen atoms in total. The molecule has 5 atom stereocenters. The van der Waals surface area contributed by atoms with Crippen molar-refractivity contribution in [3.05, 3.63) is 0 Å². The van der Waals surface area contributed by atoms with Gasteiger partial charge in [-0.1, -0.05) is 26.7 Å². The van der Waals surface area contributed by atoms with Gasteiger partial charge in [-0.2, -0.15) is 0 Å². The van der Waals surface area contributed by atoms with Crippen LogP contribution in [0.2, 0.25) is 0 Å². The Kier molecular flexibility index (Phi) is 4.87. The molecule has 2 heteroatoms. The van der Waals surface area contributed by atoms with E-state index in [0.717, 1.165) is 23.9 Å². The van der Waals surface area contributed by atoms with Crippen LogP contribution in [0.4, 0.5) is 0 Å². The average molecular weight is 238 g/mol. The van der Waals surface area contributed by atoms with E-state index in [0.29, 0.717) is 6.04 Å². The third kappa shape index (κ3) is 3.23. The van der Waals surface area contributed by atoms with Crippen LogP contribution in [-0.2, 0) is 0 Å². The van der Waals surface area contributed by atoms with Crippen LogP contribution >= 0.6 is 0 Å². The molecule has 1 saturated heterocycles. The lowest BCUT2D eigenvalue weighted by Crippen LogP contribution is -2.47. The summed E-state index contributed by atoms with van der Waals surface area (Å²) in [7, 11) is 0. The van der Waals surface area contributed by atoms with E-state index < -0.39 is 0 Å². The van der Waals surface area contributed by atoms with Crippen LogP contribution < -0.4 is 10.6 Å². The summed E-state index contributed by atoms with van der Waals surface area (Å²) in [4.78, 5) is 0. The fourth-order valence-electron chi connectivity index (χ4n) is 3.61. The van der Waals surface area contributed by atoms with Crippen LogP contribution in [0, 0.1) is 11.8 Å². The van der Waals surface area contributed by atoms with Gasteiger partial charge in [0.2, 0.25) is 0 Å². The Labute approximate surface area is 107 Å². The summed E-state index contributed by atoms with van der Waals surface area (Å²) in [6.45, 7) is 8.28. The standard InChI is InChI=1S/C15H30N2/c1-4-11(2)12(3)17-15-8-5-7-13(15)14-9-6-10-16-14/h11-17H,4-10H2,1-3H3. The molecule has 1 saturated carbocycles. The minimum atomic E-state index is 0.673. The van der Waals surface area contributed by atoms with E-state index in [-0.39, 0.29) is 0 Å². The van der Waals surface area contributed by atoms with E-state index in [1.165, 1.54) is 45.1 Å². The second-order valence-corrected chi connectivity index (χ2v) is 6.24. The Balaban J connectivity index is 1.86. The summed E-state index contributed by atoms with van der Waals surface area (Å²) in [5, 5.41) is 7.62. The molecular formula is C15H30N2. The summed E-state index contributed by atoms with van der Waals surface area (Å²) in [6.07, 6.45) is 8.32. The number of hydrogen-bond donors (Lipinski definition) is 2. The molecule has 0 aromatic heterocycles.